The number of carbonyl (C=O) groups is 1. The van der Waals surface area contributed by atoms with E-state index >= 15 is 0 Å². The number of hydrogen-bond donors (Lipinski definition) is 0. The molecule has 1 aromatic carbocycles. The largest absolute Gasteiger partial charge is 0.339 e. The number of halogens is 1. The van der Waals surface area contributed by atoms with Crippen LogP contribution in [-0.2, 0) is 0 Å². The zero-order valence-electron chi connectivity index (χ0n) is 11.8. The highest BCUT2D eigenvalue weighted by Crippen LogP contribution is 2.23. The van der Waals surface area contributed by atoms with Crippen molar-refractivity contribution in [3.63, 3.8) is 0 Å². The van der Waals surface area contributed by atoms with E-state index in [4.69, 9.17) is 0 Å². The van der Waals surface area contributed by atoms with E-state index in [1.165, 1.54) is 25.7 Å². The van der Waals surface area contributed by atoms with Crippen LogP contribution in [0.5, 0.6) is 0 Å². The van der Waals surface area contributed by atoms with Crippen molar-refractivity contribution in [2.24, 2.45) is 0 Å². The summed E-state index contributed by atoms with van der Waals surface area (Å²) in [6, 6.07) is 6.33. The molecule has 1 fully saturated rings. The van der Waals surface area contributed by atoms with Crippen molar-refractivity contribution in [1.82, 2.24) is 4.90 Å². The van der Waals surface area contributed by atoms with Crippen LogP contribution < -0.4 is 0 Å². The summed E-state index contributed by atoms with van der Waals surface area (Å²) in [5, 5.41) is 0. The van der Waals surface area contributed by atoms with Crippen molar-refractivity contribution in [1.29, 1.82) is 0 Å². The second-order valence-corrected chi connectivity index (χ2v) is 6.49. The standard InChI is InChI=1S/C16H22BrNO/c1-12-9-13(11-14(17)10-12)16(19)18(2)15-7-5-3-4-6-8-15/h9-11,15H,3-8H2,1-2H3. The molecule has 0 aromatic heterocycles. The lowest BCUT2D eigenvalue weighted by molar-refractivity contribution is 0.0717. The molecule has 0 heterocycles. The van der Waals surface area contributed by atoms with Gasteiger partial charge in [0.25, 0.3) is 5.91 Å². The van der Waals surface area contributed by atoms with Crippen molar-refractivity contribution in [3.8, 4) is 0 Å². The fraction of sp³-hybridized carbons (Fsp3) is 0.562. The molecule has 1 aromatic rings. The highest BCUT2D eigenvalue weighted by atomic mass is 79.9. The van der Waals surface area contributed by atoms with Gasteiger partial charge < -0.3 is 4.90 Å². The normalized spacial score (nSPS) is 17.0. The molecule has 1 amide bonds. The Hall–Kier alpha value is -0.830. The Kier molecular flexibility index (Phi) is 5.03. The average molecular weight is 324 g/mol. The first-order chi connectivity index (χ1) is 9.08. The first kappa shape index (κ1) is 14.6. The van der Waals surface area contributed by atoms with Gasteiger partial charge in [0.1, 0.15) is 0 Å². The highest BCUT2D eigenvalue weighted by molar-refractivity contribution is 9.10. The van der Waals surface area contributed by atoms with Crippen LogP contribution in [0.4, 0.5) is 0 Å². The molecule has 0 saturated heterocycles. The summed E-state index contributed by atoms with van der Waals surface area (Å²) in [5.74, 6) is 0.149. The third-order valence-corrected chi connectivity index (χ3v) is 4.44. The molecular weight excluding hydrogens is 302 g/mol. The predicted molar refractivity (Wildman–Crippen MR) is 82.5 cm³/mol. The summed E-state index contributed by atoms with van der Waals surface area (Å²) in [5.41, 5.74) is 1.91. The monoisotopic (exact) mass is 323 g/mol. The number of nitrogens with zero attached hydrogens (tertiary/aromatic N) is 1. The molecule has 0 radical (unpaired) electrons. The molecule has 0 aliphatic heterocycles. The van der Waals surface area contributed by atoms with Gasteiger partial charge in [-0.2, -0.15) is 0 Å². The Morgan fingerprint density at radius 1 is 1.16 bits per heavy atom. The van der Waals surface area contributed by atoms with Crippen molar-refractivity contribution in [2.45, 2.75) is 51.5 Å². The maximum atomic E-state index is 12.6. The molecule has 0 atom stereocenters. The van der Waals surface area contributed by atoms with Gasteiger partial charge in [-0.1, -0.05) is 41.6 Å². The van der Waals surface area contributed by atoms with Gasteiger partial charge >= 0.3 is 0 Å². The summed E-state index contributed by atoms with van der Waals surface area (Å²) < 4.78 is 0.977. The molecule has 1 aliphatic carbocycles. The Balaban J connectivity index is 2.13. The molecule has 0 unspecified atom stereocenters. The molecule has 104 valence electrons. The second-order valence-electron chi connectivity index (χ2n) is 5.58. The molecule has 0 N–H and O–H groups in total. The van der Waals surface area contributed by atoms with Crippen molar-refractivity contribution in [3.05, 3.63) is 33.8 Å². The number of benzene rings is 1. The summed E-state index contributed by atoms with van der Waals surface area (Å²) in [4.78, 5) is 14.5. The van der Waals surface area contributed by atoms with E-state index < -0.39 is 0 Å². The van der Waals surface area contributed by atoms with E-state index in [0.717, 1.165) is 28.4 Å². The average Bonchev–Trinajstić information content (AvgIpc) is 2.64. The van der Waals surface area contributed by atoms with Crippen LogP contribution in [0.15, 0.2) is 22.7 Å². The number of hydrogen-bond acceptors (Lipinski definition) is 1. The molecule has 19 heavy (non-hydrogen) atoms. The number of amides is 1. The Bertz CT molecular complexity index is 430. The van der Waals surface area contributed by atoms with Crippen LogP contribution in [0.1, 0.15) is 54.4 Å². The summed E-state index contributed by atoms with van der Waals surface area (Å²) >= 11 is 3.47. The lowest BCUT2D eigenvalue weighted by atomic mass is 10.1. The molecule has 1 aliphatic rings. The molecule has 2 nitrogen and oxygen atoms in total. The number of aryl methyl sites for hydroxylation is 1. The summed E-state index contributed by atoms with van der Waals surface area (Å²) in [6.07, 6.45) is 7.42. The minimum Gasteiger partial charge on any atom is -0.339 e. The molecular formula is C16H22BrNO. The van der Waals surface area contributed by atoms with Crippen LogP contribution >= 0.6 is 15.9 Å². The van der Waals surface area contributed by atoms with Gasteiger partial charge in [-0.15, -0.1) is 0 Å². The maximum absolute atomic E-state index is 12.6. The van der Waals surface area contributed by atoms with Crippen LogP contribution in [-0.4, -0.2) is 23.9 Å². The van der Waals surface area contributed by atoms with Crippen molar-refractivity contribution < 1.29 is 4.79 Å². The molecule has 0 spiro atoms. The lowest BCUT2D eigenvalue weighted by Crippen LogP contribution is -2.36. The van der Waals surface area contributed by atoms with E-state index in [1.54, 1.807) is 0 Å². The van der Waals surface area contributed by atoms with Gasteiger partial charge in [-0.05, 0) is 43.5 Å². The van der Waals surface area contributed by atoms with Gasteiger partial charge in [0.05, 0.1) is 0 Å². The SMILES string of the molecule is Cc1cc(Br)cc(C(=O)N(C)C2CCCCCC2)c1. The Morgan fingerprint density at radius 2 is 1.79 bits per heavy atom. The predicted octanol–water partition coefficient (Wildman–Crippen LogP) is 4.55. The molecule has 3 heteroatoms. The zero-order chi connectivity index (χ0) is 13.8. The van der Waals surface area contributed by atoms with Gasteiger partial charge in [0.2, 0.25) is 0 Å². The highest BCUT2D eigenvalue weighted by Gasteiger charge is 2.22. The van der Waals surface area contributed by atoms with Gasteiger partial charge in [0, 0.05) is 23.1 Å². The van der Waals surface area contributed by atoms with E-state index in [2.05, 4.69) is 15.9 Å². The summed E-state index contributed by atoms with van der Waals surface area (Å²) in [6.45, 7) is 2.02. The minimum absolute atomic E-state index is 0.149. The van der Waals surface area contributed by atoms with Gasteiger partial charge in [0.15, 0.2) is 0 Å². The van der Waals surface area contributed by atoms with Crippen LogP contribution in [0.2, 0.25) is 0 Å². The summed E-state index contributed by atoms with van der Waals surface area (Å²) in [7, 11) is 1.95. The number of carbonyl (C=O) groups excluding carboxylic acids is 1. The quantitative estimate of drug-likeness (QED) is 0.731. The fourth-order valence-corrected chi connectivity index (χ4v) is 3.48. The minimum atomic E-state index is 0.149. The molecule has 1 saturated carbocycles. The molecule has 0 bridgehead atoms. The fourth-order valence-electron chi connectivity index (χ4n) is 2.87. The van der Waals surface area contributed by atoms with Gasteiger partial charge in [-0.25, -0.2) is 0 Å². The number of rotatable bonds is 2. The Morgan fingerprint density at radius 3 is 2.37 bits per heavy atom. The van der Waals surface area contributed by atoms with Gasteiger partial charge in [-0.3, -0.25) is 4.79 Å². The zero-order valence-corrected chi connectivity index (χ0v) is 13.4. The van der Waals surface area contributed by atoms with E-state index in [-0.39, 0.29) is 5.91 Å². The Labute approximate surface area is 124 Å². The van der Waals surface area contributed by atoms with E-state index in [9.17, 15) is 4.79 Å². The maximum Gasteiger partial charge on any atom is 0.253 e. The van der Waals surface area contributed by atoms with E-state index in [1.807, 2.05) is 37.1 Å². The third-order valence-electron chi connectivity index (χ3n) is 3.98. The third kappa shape index (κ3) is 3.82. The van der Waals surface area contributed by atoms with Crippen LogP contribution in [0, 0.1) is 6.92 Å². The molecule has 2 rings (SSSR count). The first-order valence-electron chi connectivity index (χ1n) is 7.12. The first-order valence-corrected chi connectivity index (χ1v) is 7.91. The second kappa shape index (κ2) is 6.56. The van der Waals surface area contributed by atoms with Crippen LogP contribution in [0.3, 0.4) is 0 Å². The van der Waals surface area contributed by atoms with E-state index in [0.29, 0.717) is 6.04 Å². The lowest BCUT2D eigenvalue weighted by Gasteiger charge is -2.27. The van der Waals surface area contributed by atoms with Crippen molar-refractivity contribution >= 4 is 21.8 Å². The van der Waals surface area contributed by atoms with Crippen molar-refractivity contribution in [2.75, 3.05) is 7.05 Å². The topological polar surface area (TPSA) is 20.3 Å². The van der Waals surface area contributed by atoms with Crippen LogP contribution in [0.25, 0.3) is 0 Å². The smallest absolute Gasteiger partial charge is 0.253 e.